The maximum atomic E-state index is 13.6. The first kappa shape index (κ1) is 18.0. The molecular formula is C19H16FN5O2. The molecule has 0 spiro atoms. The standard InChI is InChI=1S/C19H16FN5O2/c1-12(26)23-14-6-8-15(9-7-14)24-18(27)13-10-21-19(22-11-13)25-17-5-3-2-4-16(17)20/h2-11H,1H3,(H,23,26)(H,24,27)(H,21,22,25). The Labute approximate surface area is 154 Å². The van der Waals surface area contributed by atoms with Crippen LogP contribution in [0.15, 0.2) is 60.9 Å². The van der Waals surface area contributed by atoms with Crippen LogP contribution in [0.4, 0.5) is 27.4 Å². The summed E-state index contributed by atoms with van der Waals surface area (Å²) in [6.45, 7) is 1.42. The maximum absolute atomic E-state index is 13.6. The Morgan fingerprint density at radius 2 is 1.48 bits per heavy atom. The average Bonchev–Trinajstić information content (AvgIpc) is 2.65. The van der Waals surface area contributed by atoms with Gasteiger partial charge in [-0.15, -0.1) is 0 Å². The number of halogens is 1. The van der Waals surface area contributed by atoms with Gasteiger partial charge in [0.05, 0.1) is 11.3 Å². The largest absolute Gasteiger partial charge is 0.326 e. The fourth-order valence-corrected chi connectivity index (χ4v) is 2.24. The van der Waals surface area contributed by atoms with E-state index in [2.05, 4.69) is 25.9 Å². The lowest BCUT2D eigenvalue weighted by molar-refractivity contribution is -0.114. The highest BCUT2D eigenvalue weighted by molar-refractivity contribution is 6.04. The summed E-state index contributed by atoms with van der Waals surface area (Å²) in [6, 6.07) is 12.8. The van der Waals surface area contributed by atoms with Crippen molar-refractivity contribution in [2.75, 3.05) is 16.0 Å². The van der Waals surface area contributed by atoms with E-state index in [1.165, 1.54) is 25.4 Å². The van der Waals surface area contributed by atoms with Gasteiger partial charge in [-0.05, 0) is 36.4 Å². The Morgan fingerprint density at radius 1 is 0.889 bits per heavy atom. The molecule has 1 aromatic heterocycles. The fraction of sp³-hybridized carbons (Fsp3) is 0.0526. The van der Waals surface area contributed by atoms with Crippen molar-refractivity contribution < 1.29 is 14.0 Å². The number of hydrogen-bond acceptors (Lipinski definition) is 5. The van der Waals surface area contributed by atoms with Crippen molar-refractivity contribution >= 4 is 34.8 Å². The summed E-state index contributed by atoms with van der Waals surface area (Å²) in [7, 11) is 0. The quantitative estimate of drug-likeness (QED) is 0.642. The molecule has 136 valence electrons. The summed E-state index contributed by atoms with van der Waals surface area (Å²) in [6.07, 6.45) is 2.69. The number of nitrogens with one attached hydrogen (secondary N) is 3. The Morgan fingerprint density at radius 3 is 2.07 bits per heavy atom. The van der Waals surface area contributed by atoms with Crippen LogP contribution >= 0.6 is 0 Å². The second-order valence-electron chi connectivity index (χ2n) is 5.61. The predicted octanol–water partition coefficient (Wildman–Crippen LogP) is 3.57. The first-order valence-corrected chi connectivity index (χ1v) is 8.04. The van der Waals surface area contributed by atoms with E-state index in [0.717, 1.165) is 0 Å². The first-order chi connectivity index (χ1) is 13.0. The normalized spacial score (nSPS) is 10.1. The molecule has 0 bridgehead atoms. The van der Waals surface area contributed by atoms with Crippen LogP contribution in [0.2, 0.25) is 0 Å². The third kappa shape index (κ3) is 4.85. The van der Waals surface area contributed by atoms with Crippen molar-refractivity contribution in [3.63, 3.8) is 0 Å². The number of anilines is 4. The van der Waals surface area contributed by atoms with Crippen molar-refractivity contribution in [1.82, 2.24) is 9.97 Å². The predicted molar refractivity (Wildman–Crippen MR) is 100 cm³/mol. The van der Waals surface area contributed by atoms with Crippen LogP contribution in [0.1, 0.15) is 17.3 Å². The van der Waals surface area contributed by atoms with Gasteiger partial charge in [-0.1, -0.05) is 12.1 Å². The lowest BCUT2D eigenvalue weighted by Gasteiger charge is -2.08. The fourth-order valence-electron chi connectivity index (χ4n) is 2.24. The van der Waals surface area contributed by atoms with Crippen LogP contribution in [-0.2, 0) is 4.79 Å². The monoisotopic (exact) mass is 365 g/mol. The smallest absolute Gasteiger partial charge is 0.258 e. The molecule has 0 atom stereocenters. The number of benzene rings is 2. The average molecular weight is 365 g/mol. The molecule has 7 nitrogen and oxygen atoms in total. The van der Waals surface area contributed by atoms with E-state index in [-0.39, 0.29) is 29.0 Å². The van der Waals surface area contributed by atoms with Gasteiger partial charge < -0.3 is 16.0 Å². The van der Waals surface area contributed by atoms with Crippen LogP contribution in [0.25, 0.3) is 0 Å². The minimum absolute atomic E-state index is 0.173. The van der Waals surface area contributed by atoms with Gasteiger partial charge in [-0.2, -0.15) is 0 Å². The van der Waals surface area contributed by atoms with Gasteiger partial charge in [0.15, 0.2) is 0 Å². The maximum Gasteiger partial charge on any atom is 0.258 e. The molecule has 0 aliphatic rings. The highest BCUT2D eigenvalue weighted by atomic mass is 19.1. The molecule has 27 heavy (non-hydrogen) atoms. The second-order valence-corrected chi connectivity index (χ2v) is 5.61. The van der Waals surface area contributed by atoms with Crippen molar-refractivity contribution in [1.29, 1.82) is 0 Å². The molecule has 8 heteroatoms. The van der Waals surface area contributed by atoms with Crippen molar-refractivity contribution in [3.8, 4) is 0 Å². The van der Waals surface area contributed by atoms with Gasteiger partial charge in [-0.3, -0.25) is 9.59 Å². The van der Waals surface area contributed by atoms with Gasteiger partial charge >= 0.3 is 0 Å². The van der Waals surface area contributed by atoms with Crippen molar-refractivity contribution in [2.24, 2.45) is 0 Å². The molecule has 0 saturated heterocycles. The summed E-state index contributed by atoms with van der Waals surface area (Å²) in [5.74, 6) is -0.810. The topological polar surface area (TPSA) is 96.0 Å². The van der Waals surface area contributed by atoms with Crippen molar-refractivity contribution in [2.45, 2.75) is 6.92 Å². The Balaban J connectivity index is 1.63. The molecule has 0 unspecified atom stereocenters. The summed E-state index contributed by atoms with van der Waals surface area (Å²) in [4.78, 5) is 31.3. The van der Waals surface area contributed by atoms with Crippen LogP contribution in [0.3, 0.4) is 0 Å². The van der Waals surface area contributed by atoms with Crippen molar-refractivity contribution in [3.05, 3.63) is 72.3 Å². The van der Waals surface area contributed by atoms with E-state index in [4.69, 9.17) is 0 Å². The molecule has 0 radical (unpaired) electrons. The van der Waals surface area contributed by atoms with Crippen LogP contribution in [0, 0.1) is 5.82 Å². The molecule has 0 saturated carbocycles. The van der Waals surface area contributed by atoms with Gasteiger partial charge in [-0.25, -0.2) is 14.4 Å². The van der Waals surface area contributed by atoms with E-state index >= 15 is 0 Å². The minimum Gasteiger partial charge on any atom is -0.326 e. The summed E-state index contributed by atoms with van der Waals surface area (Å²) >= 11 is 0. The number of amides is 2. The molecule has 3 aromatic rings. The zero-order valence-electron chi connectivity index (χ0n) is 14.4. The Hall–Kier alpha value is -3.81. The molecule has 3 N–H and O–H groups in total. The molecule has 0 fully saturated rings. The van der Waals surface area contributed by atoms with E-state index in [1.54, 1.807) is 42.5 Å². The molecule has 0 aliphatic heterocycles. The number of para-hydroxylation sites is 1. The van der Waals surface area contributed by atoms with Gasteiger partial charge in [0.25, 0.3) is 5.91 Å². The lowest BCUT2D eigenvalue weighted by atomic mass is 10.2. The second kappa shape index (κ2) is 8.05. The third-order valence-corrected chi connectivity index (χ3v) is 3.50. The number of hydrogen-bond donors (Lipinski definition) is 3. The highest BCUT2D eigenvalue weighted by Gasteiger charge is 2.09. The number of nitrogens with zero attached hydrogens (tertiary/aromatic N) is 2. The zero-order valence-corrected chi connectivity index (χ0v) is 14.4. The molecule has 3 rings (SSSR count). The molecule has 2 aromatic carbocycles. The van der Waals surface area contributed by atoms with Crippen LogP contribution in [0.5, 0.6) is 0 Å². The zero-order chi connectivity index (χ0) is 19.2. The Bertz CT molecular complexity index is 959. The first-order valence-electron chi connectivity index (χ1n) is 8.04. The summed E-state index contributed by atoms with van der Waals surface area (Å²) < 4.78 is 13.6. The van der Waals surface area contributed by atoms with Crippen LogP contribution in [-0.4, -0.2) is 21.8 Å². The number of rotatable bonds is 5. The highest BCUT2D eigenvalue weighted by Crippen LogP contribution is 2.17. The molecule has 2 amide bonds. The van der Waals surface area contributed by atoms with Gasteiger partial charge in [0.1, 0.15) is 5.82 Å². The van der Waals surface area contributed by atoms with E-state index in [1.807, 2.05) is 0 Å². The van der Waals surface area contributed by atoms with E-state index in [0.29, 0.717) is 11.4 Å². The number of carbonyl (C=O) groups excluding carboxylic acids is 2. The molecule has 0 aliphatic carbocycles. The summed E-state index contributed by atoms with van der Waals surface area (Å²) in [5, 5.41) is 8.09. The molecular weight excluding hydrogens is 349 g/mol. The van der Waals surface area contributed by atoms with E-state index in [9.17, 15) is 14.0 Å². The minimum atomic E-state index is -0.425. The van der Waals surface area contributed by atoms with Gasteiger partial charge in [0.2, 0.25) is 11.9 Å². The van der Waals surface area contributed by atoms with Crippen LogP contribution < -0.4 is 16.0 Å². The Kier molecular flexibility index (Phi) is 5.36. The third-order valence-electron chi connectivity index (χ3n) is 3.50. The SMILES string of the molecule is CC(=O)Nc1ccc(NC(=O)c2cnc(Nc3ccccc3F)nc2)cc1. The number of carbonyl (C=O) groups is 2. The summed E-state index contributed by atoms with van der Waals surface area (Å²) in [5.41, 5.74) is 1.68. The van der Waals surface area contributed by atoms with E-state index < -0.39 is 5.82 Å². The number of aromatic nitrogens is 2. The van der Waals surface area contributed by atoms with Gasteiger partial charge in [0, 0.05) is 30.7 Å². The lowest BCUT2D eigenvalue weighted by Crippen LogP contribution is -2.13. The molecule has 1 heterocycles.